The van der Waals surface area contributed by atoms with Gasteiger partial charge < -0.3 is 14.8 Å². The SMILES string of the molecule is COc1cc(CNCCc2ccccc2F)cc(Cl)c1OCc1cccs1.Cl. The van der Waals surface area contributed by atoms with Crippen LogP contribution in [0.25, 0.3) is 0 Å². The molecule has 7 heteroatoms. The van der Waals surface area contributed by atoms with Crippen LogP contribution >= 0.6 is 35.3 Å². The Morgan fingerprint density at radius 1 is 1.14 bits per heavy atom. The van der Waals surface area contributed by atoms with Crippen LogP contribution in [0.4, 0.5) is 4.39 Å². The summed E-state index contributed by atoms with van der Waals surface area (Å²) in [5.41, 5.74) is 1.69. The van der Waals surface area contributed by atoms with Gasteiger partial charge in [0.1, 0.15) is 12.4 Å². The molecule has 0 aliphatic carbocycles. The van der Waals surface area contributed by atoms with Crippen LogP contribution in [0.3, 0.4) is 0 Å². The van der Waals surface area contributed by atoms with Gasteiger partial charge >= 0.3 is 0 Å². The van der Waals surface area contributed by atoms with Crippen LogP contribution in [0.2, 0.25) is 5.02 Å². The number of thiophene rings is 1. The maximum Gasteiger partial charge on any atom is 0.180 e. The lowest BCUT2D eigenvalue weighted by molar-refractivity contribution is 0.287. The first kappa shape index (κ1) is 22.5. The van der Waals surface area contributed by atoms with Crippen molar-refractivity contribution in [2.24, 2.45) is 0 Å². The van der Waals surface area contributed by atoms with Crippen molar-refractivity contribution in [1.29, 1.82) is 0 Å². The Balaban J connectivity index is 0.00000280. The summed E-state index contributed by atoms with van der Waals surface area (Å²) in [6, 6.07) is 14.6. The number of methoxy groups -OCH3 is 1. The van der Waals surface area contributed by atoms with Crippen molar-refractivity contribution in [1.82, 2.24) is 5.32 Å². The molecule has 0 bridgehead atoms. The van der Waals surface area contributed by atoms with E-state index in [9.17, 15) is 4.39 Å². The highest BCUT2D eigenvalue weighted by molar-refractivity contribution is 7.09. The van der Waals surface area contributed by atoms with E-state index in [1.807, 2.05) is 35.7 Å². The number of halogens is 3. The third kappa shape index (κ3) is 6.11. The van der Waals surface area contributed by atoms with E-state index in [-0.39, 0.29) is 18.2 Å². The molecule has 0 spiro atoms. The summed E-state index contributed by atoms with van der Waals surface area (Å²) in [7, 11) is 1.60. The Morgan fingerprint density at radius 2 is 1.96 bits per heavy atom. The number of nitrogens with one attached hydrogen (secondary N) is 1. The molecule has 0 radical (unpaired) electrons. The van der Waals surface area contributed by atoms with Crippen LogP contribution in [-0.4, -0.2) is 13.7 Å². The van der Waals surface area contributed by atoms with E-state index in [1.54, 1.807) is 30.6 Å². The number of benzene rings is 2. The fourth-order valence-corrected chi connectivity index (χ4v) is 3.61. The lowest BCUT2D eigenvalue weighted by Crippen LogP contribution is -2.17. The Bertz CT molecular complexity index is 875. The number of rotatable bonds is 9. The smallest absolute Gasteiger partial charge is 0.180 e. The highest BCUT2D eigenvalue weighted by Crippen LogP contribution is 2.37. The van der Waals surface area contributed by atoms with E-state index < -0.39 is 0 Å². The predicted octanol–water partition coefficient (Wildman–Crippen LogP) is 5.88. The second-order valence-electron chi connectivity index (χ2n) is 6.00. The first-order chi connectivity index (χ1) is 13.2. The summed E-state index contributed by atoms with van der Waals surface area (Å²) in [6.07, 6.45) is 0.625. The van der Waals surface area contributed by atoms with Gasteiger partial charge in [-0.15, -0.1) is 23.7 Å². The van der Waals surface area contributed by atoms with Gasteiger partial charge in [-0.3, -0.25) is 0 Å². The fraction of sp³-hybridized carbons (Fsp3) is 0.238. The van der Waals surface area contributed by atoms with E-state index in [0.29, 0.717) is 48.2 Å². The van der Waals surface area contributed by atoms with Crippen molar-refractivity contribution in [3.05, 3.63) is 80.8 Å². The zero-order valence-corrected chi connectivity index (χ0v) is 17.8. The molecule has 3 nitrogen and oxygen atoms in total. The summed E-state index contributed by atoms with van der Waals surface area (Å²) in [4.78, 5) is 1.12. The lowest BCUT2D eigenvalue weighted by atomic mass is 10.1. The average Bonchev–Trinajstić information content (AvgIpc) is 3.19. The van der Waals surface area contributed by atoms with Crippen molar-refractivity contribution >= 4 is 35.3 Å². The number of hydrogen-bond donors (Lipinski definition) is 1. The van der Waals surface area contributed by atoms with Crippen LogP contribution in [0, 0.1) is 5.82 Å². The maximum atomic E-state index is 13.6. The monoisotopic (exact) mass is 441 g/mol. The van der Waals surface area contributed by atoms with Crippen molar-refractivity contribution in [2.45, 2.75) is 19.6 Å². The van der Waals surface area contributed by atoms with Gasteiger partial charge in [-0.25, -0.2) is 4.39 Å². The minimum atomic E-state index is -0.170. The molecule has 2 aromatic carbocycles. The summed E-state index contributed by atoms with van der Waals surface area (Å²) in [5, 5.41) is 5.83. The quantitative estimate of drug-likeness (QED) is 0.420. The number of hydrogen-bond acceptors (Lipinski definition) is 4. The standard InChI is InChI=1S/C21H21ClFNO2S.ClH/c1-25-20-12-15(13-24-9-8-16-5-2-3-7-19(16)23)11-18(22)21(20)26-14-17-6-4-10-27-17;/h2-7,10-12,24H,8-9,13-14H2,1H3;1H. The molecule has 0 saturated heterocycles. The molecule has 1 N–H and O–H groups in total. The first-order valence-electron chi connectivity index (χ1n) is 8.63. The molecular formula is C21H22Cl2FNO2S. The molecule has 0 unspecified atom stereocenters. The zero-order chi connectivity index (χ0) is 19.1. The van der Waals surface area contributed by atoms with E-state index >= 15 is 0 Å². The lowest BCUT2D eigenvalue weighted by Gasteiger charge is -2.14. The highest BCUT2D eigenvalue weighted by atomic mass is 35.5. The van der Waals surface area contributed by atoms with Gasteiger partial charge in [0, 0.05) is 11.4 Å². The molecule has 0 aliphatic heterocycles. The van der Waals surface area contributed by atoms with Gasteiger partial charge in [-0.1, -0.05) is 35.9 Å². The van der Waals surface area contributed by atoms with Gasteiger partial charge in [-0.05, 0) is 53.7 Å². The highest BCUT2D eigenvalue weighted by Gasteiger charge is 2.12. The molecule has 0 fully saturated rings. The minimum Gasteiger partial charge on any atom is -0.493 e. The van der Waals surface area contributed by atoms with Crippen molar-refractivity contribution in [2.75, 3.05) is 13.7 Å². The Labute approximate surface area is 179 Å². The zero-order valence-electron chi connectivity index (χ0n) is 15.4. The summed E-state index contributed by atoms with van der Waals surface area (Å²) in [6.45, 7) is 1.72. The Morgan fingerprint density at radius 3 is 2.68 bits per heavy atom. The Kier molecular flexibility index (Phi) is 9.06. The van der Waals surface area contributed by atoms with Crippen molar-refractivity contribution in [3.8, 4) is 11.5 Å². The summed E-state index contributed by atoms with van der Waals surface area (Å²) < 4.78 is 24.9. The average molecular weight is 442 g/mol. The first-order valence-corrected chi connectivity index (χ1v) is 9.89. The van der Waals surface area contributed by atoms with Crippen LogP contribution in [0.5, 0.6) is 11.5 Å². The van der Waals surface area contributed by atoms with E-state index in [2.05, 4.69) is 5.32 Å². The molecule has 150 valence electrons. The topological polar surface area (TPSA) is 30.5 Å². The third-order valence-electron chi connectivity index (χ3n) is 4.09. The summed E-state index contributed by atoms with van der Waals surface area (Å²) in [5.74, 6) is 0.976. The van der Waals surface area contributed by atoms with Crippen LogP contribution in [-0.2, 0) is 19.6 Å². The molecule has 0 amide bonds. The van der Waals surface area contributed by atoms with Crippen molar-refractivity contribution < 1.29 is 13.9 Å². The summed E-state index contributed by atoms with van der Waals surface area (Å²) >= 11 is 8.04. The largest absolute Gasteiger partial charge is 0.493 e. The molecular weight excluding hydrogens is 420 g/mol. The van der Waals surface area contributed by atoms with Crippen LogP contribution < -0.4 is 14.8 Å². The van der Waals surface area contributed by atoms with Crippen LogP contribution in [0.1, 0.15) is 16.0 Å². The molecule has 0 atom stereocenters. The van der Waals surface area contributed by atoms with E-state index in [4.69, 9.17) is 21.1 Å². The van der Waals surface area contributed by atoms with Gasteiger partial charge in [0.2, 0.25) is 0 Å². The van der Waals surface area contributed by atoms with Crippen molar-refractivity contribution in [3.63, 3.8) is 0 Å². The van der Waals surface area contributed by atoms with Gasteiger partial charge in [-0.2, -0.15) is 0 Å². The molecule has 1 heterocycles. The maximum absolute atomic E-state index is 13.6. The number of ether oxygens (including phenoxy) is 2. The van der Waals surface area contributed by atoms with Gasteiger partial charge in [0.05, 0.1) is 12.1 Å². The minimum absolute atomic E-state index is 0. The third-order valence-corrected chi connectivity index (χ3v) is 5.22. The molecule has 1 aromatic heterocycles. The Hall–Kier alpha value is -1.79. The molecule has 0 aliphatic rings. The predicted molar refractivity (Wildman–Crippen MR) is 116 cm³/mol. The molecule has 3 aromatic rings. The normalized spacial score (nSPS) is 10.4. The second-order valence-corrected chi connectivity index (χ2v) is 7.43. The van der Waals surface area contributed by atoms with E-state index in [0.717, 1.165) is 10.4 Å². The van der Waals surface area contributed by atoms with E-state index in [1.165, 1.54) is 6.07 Å². The van der Waals surface area contributed by atoms with Gasteiger partial charge in [0.15, 0.2) is 11.5 Å². The second kappa shape index (κ2) is 11.3. The molecule has 3 rings (SSSR count). The molecule has 28 heavy (non-hydrogen) atoms. The van der Waals surface area contributed by atoms with Gasteiger partial charge in [0.25, 0.3) is 0 Å². The molecule has 0 saturated carbocycles. The fourth-order valence-electron chi connectivity index (χ4n) is 2.71. The van der Waals surface area contributed by atoms with Crippen LogP contribution in [0.15, 0.2) is 53.9 Å².